The summed E-state index contributed by atoms with van der Waals surface area (Å²) in [6.45, 7) is 4.26. The predicted octanol–water partition coefficient (Wildman–Crippen LogP) is 5.03. The van der Waals surface area contributed by atoms with Gasteiger partial charge in [-0.05, 0) is 43.4 Å². The summed E-state index contributed by atoms with van der Waals surface area (Å²) in [5.74, 6) is 1.44. The van der Waals surface area contributed by atoms with Crippen LogP contribution in [-0.4, -0.2) is 12.4 Å². The van der Waals surface area contributed by atoms with Crippen molar-refractivity contribution in [1.29, 1.82) is 0 Å². The van der Waals surface area contributed by atoms with E-state index in [0.29, 0.717) is 5.92 Å². The zero-order valence-electron chi connectivity index (χ0n) is 12.3. The zero-order chi connectivity index (χ0) is 14.5. The van der Waals surface area contributed by atoms with Gasteiger partial charge in [0, 0.05) is 5.33 Å². The standard InChI is InChI=1S/C18H21BrO/c1-13-5-4-6-15(9-13)17(12-19)11-16-10-14(2)7-8-18(16)20-3/h4-10,17H,11-12H2,1-3H3. The molecule has 0 N–H and O–H groups in total. The maximum Gasteiger partial charge on any atom is 0.122 e. The zero-order valence-corrected chi connectivity index (χ0v) is 13.9. The van der Waals surface area contributed by atoms with Crippen molar-refractivity contribution in [2.45, 2.75) is 26.2 Å². The minimum absolute atomic E-state index is 0.464. The lowest BCUT2D eigenvalue weighted by Crippen LogP contribution is -2.06. The number of hydrogen-bond donors (Lipinski definition) is 0. The van der Waals surface area contributed by atoms with Gasteiger partial charge in [0.2, 0.25) is 0 Å². The molecule has 2 rings (SSSR count). The average molecular weight is 333 g/mol. The van der Waals surface area contributed by atoms with Gasteiger partial charge >= 0.3 is 0 Å². The Morgan fingerprint density at radius 1 is 1.05 bits per heavy atom. The Hall–Kier alpha value is -1.28. The topological polar surface area (TPSA) is 9.23 Å². The molecule has 0 aliphatic rings. The van der Waals surface area contributed by atoms with Crippen LogP contribution >= 0.6 is 15.9 Å². The van der Waals surface area contributed by atoms with Crippen LogP contribution in [0.1, 0.15) is 28.2 Å². The van der Waals surface area contributed by atoms with Gasteiger partial charge in [-0.1, -0.05) is 63.5 Å². The van der Waals surface area contributed by atoms with Gasteiger partial charge in [0.1, 0.15) is 5.75 Å². The summed E-state index contributed by atoms with van der Waals surface area (Å²) in [4.78, 5) is 0. The smallest absolute Gasteiger partial charge is 0.122 e. The second-order valence-electron chi connectivity index (χ2n) is 5.28. The number of hydrogen-bond acceptors (Lipinski definition) is 1. The third kappa shape index (κ3) is 3.63. The first-order valence-electron chi connectivity index (χ1n) is 6.90. The monoisotopic (exact) mass is 332 g/mol. The molecule has 0 fully saturated rings. The molecule has 0 heterocycles. The molecule has 20 heavy (non-hydrogen) atoms. The van der Waals surface area contributed by atoms with Crippen LogP contribution in [0.15, 0.2) is 42.5 Å². The normalized spacial score (nSPS) is 12.2. The molecule has 2 aromatic carbocycles. The van der Waals surface area contributed by atoms with Crippen molar-refractivity contribution >= 4 is 15.9 Å². The Kier molecular flexibility index (Phi) is 5.24. The lowest BCUT2D eigenvalue weighted by Gasteiger charge is -2.17. The molecule has 0 aliphatic heterocycles. The highest BCUT2D eigenvalue weighted by Gasteiger charge is 2.14. The highest BCUT2D eigenvalue weighted by molar-refractivity contribution is 9.09. The summed E-state index contributed by atoms with van der Waals surface area (Å²) in [7, 11) is 1.74. The van der Waals surface area contributed by atoms with Gasteiger partial charge < -0.3 is 4.74 Å². The number of rotatable bonds is 5. The van der Waals surface area contributed by atoms with E-state index in [1.165, 1.54) is 22.3 Å². The number of alkyl halides is 1. The molecule has 0 saturated carbocycles. The van der Waals surface area contributed by atoms with Crippen molar-refractivity contribution in [3.8, 4) is 5.75 Å². The Bertz CT molecular complexity index is 577. The fourth-order valence-corrected chi connectivity index (χ4v) is 3.12. The van der Waals surface area contributed by atoms with Crippen molar-refractivity contribution in [1.82, 2.24) is 0 Å². The van der Waals surface area contributed by atoms with Crippen molar-refractivity contribution in [2.75, 3.05) is 12.4 Å². The Morgan fingerprint density at radius 2 is 1.80 bits per heavy atom. The molecule has 1 unspecified atom stereocenters. The first-order chi connectivity index (χ1) is 9.63. The molecule has 106 valence electrons. The van der Waals surface area contributed by atoms with Crippen LogP contribution in [0, 0.1) is 13.8 Å². The van der Waals surface area contributed by atoms with Gasteiger partial charge in [-0.15, -0.1) is 0 Å². The van der Waals surface area contributed by atoms with E-state index in [1.807, 2.05) is 0 Å². The molecule has 0 saturated heterocycles. The number of aryl methyl sites for hydroxylation is 2. The van der Waals surface area contributed by atoms with E-state index < -0.39 is 0 Å². The second kappa shape index (κ2) is 6.94. The summed E-state index contributed by atoms with van der Waals surface area (Å²) in [5.41, 5.74) is 5.24. The van der Waals surface area contributed by atoms with E-state index >= 15 is 0 Å². The fourth-order valence-electron chi connectivity index (χ4n) is 2.52. The Labute approximate surface area is 130 Å². The van der Waals surface area contributed by atoms with Gasteiger partial charge in [0.05, 0.1) is 7.11 Å². The van der Waals surface area contributed by atoms with Crippen LogP contribution in [0.4, 0.5) is 0 Å². The van der Waals surface area contributed by atoms with Crippen LogP contribution < -0.4 is 4.74 Å². The van der Waals surface area contributed by atoms with Crippen molar-refractivity contribution < 1.29 is 4.74 Å². The van der Waals surface area contributed by atoms with Gasteiger partial charge in [-0.2, -0.15) is 0 Å². The van der Waals surface area contributed by atoms with Crippen LogP contribution in [0.2, 0.25) is 0 Å². The van der Waals surface area contributed by atoms with Crippen LogP contribution in [0.3, 0.4) is 0 Å². The molecular weight excluding hydrogens is 312 g/mol. The maximum absolute atomic E-state index is 5.49. The van der Waals surface area contributed by atoms with Crippen molar-refractivity contribution in [3.63, 3.8) is 0 Å². The van der Waals surface area contributed by atoms with E-state index in [0.717, 1.165) is 17.5 Å². The molecule has 0 aromatic heterocycles. The summed E-state index contributed by atoms with van der Waals surface area (Å²) >= 11 is 3.66. The minimum Gasteiger partial charge on any atom is -0.496 e. The highest BCUT2D eigenvalue weighted by atomic mass is 79.9. The SMILES string of the molecule is COc1ccc(C)cc1CC(CBr)c1cccc(C)c1. The maximum atomic E-state index is 5.49. The quantitative estimate of drug-likeness (QED) is 0.697. The Morgan fingerprint density at radius 3 is 2.45 bits per heavy atom. The lowest BCUT2D eigenvalue weighted by molar-refractivity contribution is 0.408. The number of ether oxygens (including phenoxy) is 1. The number of methoxy groups -OCH3 is 1. The molecule has 0 amide bonds. The molecule has 0 aliphatic carbocycles. The molecule has 2 aromatic rings. The van der Waals surface area contributed by atoms with E-state index in [2.05, 4.69) is 72.2 Å². The van der Waals surface area contributed by atoms with E-state index in [1.54, 1.807) is 7.11 Å². The summed E-state index contributed by atoms with van der Waals surface area (Å²) < 4.78 is 5.49. The molecular formula is C18H21BrO. The summed E-state index contributed by atoms with van der Waals surface area (Å²) in [6, 6.07) is 15.1. The molecule has 1 nitrogen and oxygen atoms in total. The molecule has 0 bridgehead atoms. The minimum atomic E-state index is 0.464. The largest absolute Gasteiger partial charge is 0.496 e. The van der Waals surface area contributed by atoms with Gasteiger partial charge in [0.25, 0.3) is 0 Å². The molecule has 1 atom stereocenters. The van der Waals surface area contributed by atoms with Gasteiger partial charge in [-0.3, -0.25) is 0 Å². The average Bonchev–Trinajstić information content (AvgIpc) is 2.45. The first-order valence-corrected chi connectivity index (χ1v) is 8.02. The van der Waals surface area contributed by atoms with Gasteiger partial charge in [0.15, 0.2) is 0 Å². The van der Waals surface area contributed by atoms with Gasteiger partial charge in [-0.25, -0.2) is 0 Å². The van der Waals surface area contributed by atoms with Crippen molar-refractivity contribution in [3.05, 3.63) is 64.7 Å². The second-order valence-corrected chi connectivity index (χ2v) is 5.93. The third-order valence-electron chi connectivity index (χ3n) is 3.60. The van der Waals surface area contributed by atoms with E-state index in [4.69, 9.17) is 4.74 Å². The van der Waals surface area contributed by atoms with E-state index in [9.17, 15) is 0 Å². The van der Waals surface area contributed by atoms with Crippen LogP contribution in [0.5, 0.6) is 5.75 Å². The fraction of sp³-hybridized carbons (Fsp3) is 0.333. The summed E-state index contributed by atoms with van der Waals surface area (Å²) in [5, 5.41) is 0.952. The highest BCUT2D eigenvalue weighted by Crippen LogP contribution is 2.29. The molecule has 0 spiro atoms. The lowest BCUT2D eigenvalue weighted by atomic mass is 9.92. The molecule has 2 heteroatoms. The van der Waals surface area contributed by atoms with Crippen molar-refractivity contribution in [2.24, 2.45) is 0 Å². The van der Waals surface area contributed by atoms with Crippen LogP contribution in [-0.2, 0) is 6.42 Å². The molecule has 0 radical (unpaired) electrons. The number of benzene rings is 2. The predicted molar refractivity (Wildman–Crippen MR) is 89.1 cm³/mol. The third-order valence-corrected chi connectivity index (χ3v) is 4.38. The Balaban J connectivity index is 2.28. The summed E-state index contributed by atoms with van der Waals surface area (Å²) in [6.07, 6.45) is 0.986. The first kappa shape index (κ1) is 15.1. The number of halogens is 1. The van der Waals surface area contributed by atoms with E-state index in [-0.39, 0.29) is 0 Å². The van der Waals surface area contributed by atoms with Crippen LogP contribution in [0.25, 0.3) is 0 Å².